The van der Waals surface area contributed by atoms with Crippen LogP contribution in [-0.2, 0) is 0 Å². The first kappa shape index (κ1) is 11.5. The van der Waals surface area contributed by atoms with Gasteiger partial charge in [-0.2, -0.15) is 0 Å². The molecule has 0 amide bonds. The summed E-state index contributed by atoms with van der Waals surface area (Å²) in [5.41, 5.74) is 3.35. The lowest BCUT2D eigenvalue weighted by Crippen LogP contribution is -2.16. The zero-order chi connectivity index (χ0) is 9.45. The maximum absolute atomic E-state index is 3.35. The Balaban J connectivity index is 3.53. The van der Waals surface area contributed by atoms with E-state index in [1.807, 2.05) is 0 Å². The lowest BCUT2D eigenvalue weighted by Gasteiger charge is -2.02. The highest BCUT2D eigenvalue weighted by Gasteiger charge is 2.06. The summed E-state index contributed by atoms with van der Waals surface area (Å²) < 4.78 is 0. The minimum Gasteiger partial charge on any atom is -0.132 e. The fourth-order valence-corrected chi connectivity index (χ4v) is 1.42. The Labute approximate surface area is 78.1 Å². The zero-order valence-corrected chi connectivity index (χ0v) is 9.78. The van der Waals surface area contributed by atoms with Crippen molar-refractivity contribution < 1.29 is 0 Å². The molecule has 0 aliphatic carbocycles. The Hall–Kier alpha value is -0.483. The molecule has 0 saturated heterocycles. The molecule has 0 aromatic heterocycles. The van der Waals surface area contributed by atoms with Gasteiger partial charge in [0, 0.05) is 6.42 Å². The standard InChI is InChI=1S/C11H20Si/c1-5-6-7-8-9-10-11-12(2,3)4/h6-7H,5,8-9H2,1-4H3/b7-6-. The highest BCUT2D eigenvalue weighted by Crippen LogP contribution is 1.97. The van der Waals surface area contributed by atoms with E-state index in [0.29, 0.717) is 0 Å². The third-order valence-corrected chi connectivity index (χ3v) is 2.23. The van der Waals surface area contributed by atoms with Crippen LogP contribution in [0, 0.1) is 11.5 Å². The maximum Gasteiger partial charge on any atom is 0.129 e. The van der Waals surface area contributed by atoms with Gasteiger partial charge in [-0.1, -0.05) is 38.7 Å². The number of unbranched alkanes of at least 4 members (excludes halogenated alkanes) is 1. The van der Waals surface area contributed by atoms with E-state index >= 15 is 0 Å². The largest absolute Gasteiger partial charge is 0.132 e. The van der Waals surface area contributed by atoms with Crippen molar-refractivity contribution in [2.75, 3.05) is 0 Å². The number of allylic oxidation sites excluding steroid dienone is 2. The third kappa shape index (κ3) is 9.52. The molecule has 0 nitrogen and oxygen atoms in total. The van der Waals surface area contributed by atoms with Crippen LogP contribution in [0.2, 0.25) is 19.6 Å². The van der Waals surface area contributed by atoms with Crippen LogP contribution in [0.25, 0.3) is 0 Å². The van der Waals surface area contributed by atoms with Crippen molar-refractivity contribution in [1.82, 2.24) is 0 Å². The summed E-state index contributed by atoms with van der Waals surface area (Å²) in [5.74, 6) is 3.24. The van der Waals surface area contributed by atoms with E-state index in [1.54, 1.807) is 0 Å². The summed E-state index contributed by atoms with van der Waals surface area (Å²) in [5, 5.41) is 0. The van der Waals surface area contributed by atoms with E-state index in [0.717, 1.165) is 19.3 Å². The third-order valence-electron chi connectivity index (χ3n) is 1.30. The molecule has 12 heavy (non-hydrogen) atoms. The Bertz CT molecular complexity index is 185. The van der Waals surface area contributed by atoms with Crippen molar-refractivity contribution in [3.8, 4) is 11.5 Å². The van der Waals surface area contributed by atoms with Gasteiger partial charge in [-0.25, -0.2) is 0 Å². The summed E-state index contributed by atoms with van der Waals surface area (Å²) in [4.78, 5) is 0. The van der Waals surface area contributed by atoms with Gasteiger partial charge in [-0.05, 0) is 12.8 Å². The zero-order valence-electron chi connectivity index (χ0n) is 8.78. The summed E-state index contributed by atoms with van der Waals surface area (Å²) in [6.07, 6.45) is 7.71. The molecular weight excluding hydrogens is 160 g/mol. The smallest absolute Gasteiger partial charge is 0.129 e. The second-order valence-electron chi connectivity index (χ2n) is 3.97. The molecule has 1 heteroatoms. The van der Waals surface area contributed by atoms with Gasteiger partial charge >= 0.3 is 0 Å². The molecule has 0 unspecified atom stereocenters. The van der Waals surface area contributed by atoms with Crippen LogP contribution < -0.4 is 0 Å². The molecule has 0 aromatic carbocycles. The molecule has 0 spiro atoms. The molecule has 0 fully saturated rings. The molecular formula is C11H20Si. The number of hydrogen-bond donors (Lipinski definition) is 0. The van der Waals surface area contributed by atoms with Gasteiger partial charge < -0.3 is 0 Å². The minimum absolute atomic E-state index is 1.03. The normalized spacial score (nSPS) is 11.3. The van der Waals surface area contributed by atoms with E-state index < -0.39 is 8.07 Å². The van der Waals surface area contributed by atoms with Crippen molar-refractivity contribution in [2.24, 2.45) is 0 Å². The first-order valence-corrected chi connectivity index (χ1v) is 8.21. The summed E-state index contributed by atoms with van der Waals surface area (Å²) >= 11 is 0. The summed E-state index contributed by atoms with van der Waals surface area (Å²) in [6, 6.07) is 0. The molecule has 0 aliphatic rings. The first-order chi connectivity index (χ1) is 5.56. The van der Waals surface area contributed by atoms with Crippen LogP contribution in [0.3, 0.4) is 0 Å². The average molecular weight is 180 g/mol. The van der Waals surface area contributed by atoms with E-state index in [-0.39, 0.29) is 0 Å². The van der Waals surface area contributed by atoms with Crippen molar-refractivity contribution in [3.05, 3.63) is 12.2 Å². The lowest BCUT2D eigenvalue weighted by atomic mass is 10.3. The van der Waals surface area contributed by atoms with Crippen molar-refractivity contribution >= 4 is 8.07 Å². The van der Waals surface area contributed by atoms with E-state index in [1.165, 1.54) is 0 Å². The topological polar surface area (TPSA) is 0 Å². The molecule has 0 N–H and O–H groups in total. The first-order valence-electron chi connectivity index (χ1n) is 4.71. The van der Waals surface area contributed by atoms with Crippen LogP contribution >= 0.6 is 0 Å². The van der Waals surface area contributed by atoms with E-state index in [2.05, 4.69) is 50.2 Å². The maximum atomic E-state index is 3.35. The van der Waals surface area contributed by atoms with E-state index in [9.17, 15) is 0 Å². The Morgan fingerprint density at radius 3 is 2.33 bits per heavy atom. The van der Waals surface area contributed by atoms with Crippen molar-refractivity contribution in [2.45, 2.75) is 45.8 Å². The predicted octanol–water partition coefficient (Wildman–Crippen LogP) is 3.61. The lowest BCUT2D eigenvalue weighted by molar-refractivity contribution is 1.07. The monoisotopic (exact) mass is 180 g/mol. The Morgan fingerprint density at radius 2 is 1.83 bits per heavy atom. The van der Waals surface area contributed by atoms with Crippen molar-refractivity contribution in [1.29, 1.82) is 0 Å². The van der Waals surface area contributed by atoms with Gasteiger partial charge in [0.25, 0.3) is 0 Å². The highest BCUT2D eigenvalue weighted by atomic mass is 28.3. The molecule has 0 rings (SSSR count). The molecule has 0 aliphatic heterocycles. The van der Waals surface area contributed by atoms with Crippen molar-refractivity contribution in [3.63, 3.8) is 0 Å². The SMILES string of the molecule is CC/C=C\CCC#C[Si](C)(C)C. The number of hydrogen-bond acceptors (Lipinski definition) is 0. The molecule has 0 aromatic rings. The quantitative estimate of drug-likeness (QED) is 0.269. The second-order valence-corrected chi connectivity index (χ2v) is 8.72. The molecule has 0 heterocycles. The Morgan fingerprint density at radius 1 is 1.17 bits per heavy atom. The summed E-state index contributed by atoms with van der Waals surface area (Å²) in [6.45, 7) is 9.00. The second kappa shape index (κ2) is 6.08. The highest BCUT2D eigenvalue weighted by molar-refractivity contribution is 6.83. The van der Waals surface area contributed by atoms with Crippen LogP contribution in [0.1, 0.15) is 26.2 Å². The average Bonchev–Trinajstić information content (AvgIpc) is 1.94. The minimum atomic E-state index is -1.11. The van der Waals surface area contributed by atoms with Gasteiger partial charge in [0.15, 0.2) is 0 Å². The van der Waals surface area contributed by atoms with Crippen LogP contribution in [-0.4, -0.2) is 8.07 Å². The van der Waals surface area contributed by atoms with E-state index in [4.69, 9.17) is 0 Å². The van der Waals surface area contributed by atoms with Gasteiger partial charge in [-0.15, -0.1) is 11.5 Å². The molecule has 0 atom stereocenters. The Kier molecular flexibility index (Phi) is 5.83. The van der Waals surface area contributed by atoms with Gasteiger partial charge in [0.05, 0.1) is 0 Å². The van der Waals surface area contributed by atoms with Gasteiger partial charge in [0.2, 0.25) is 0 Å². The molecule has 0 bridgehead atoms. The number of rotatable bonds is 3. The van der Waals surface area contributed by atoms with Crippen LogP contribution in [0.4, 0.5) is 0 Å². The van der Waals surface area contributed by atoms with Crippen LogP contribution in [0.15, 0.2) is 12.2 Å². The molecule has 0 saturated carbocycles. The summed E-state index contributed by atoms with van der Waals surface area (Å²) in [7, 11) is -1.11. The van der Waals surface area contributed by atoms with Gasteiger partial charge in [-0.3, -0.25) is 0 Å². The van der Waals surface area contributed by atoms with Crippen LogP contribution in [0.5, 0.6) is 0 Å². The predicted molar refractivity (Wildman–Crippen MR) is 59.8 cm³/mol. The molecule has 68 valence electrons. The van der Waals surface area contributed by atoms with Gasteiger partial charge in [0.1, 0.15) is 8.07 Å². The molecule has 0 radical (unpaired) electrons. The fraction of sp³-hybridized carbons (Fsp3) is 0.636. The fourth-order valence-electron chi connectivity index (χ4n) is 0.768.